The van der Waals surface area contributed by atoms with E-state index in [2.05, 4.69) is 126 Å². The van der Waals surface area contributed by atoms with Crippen LogP contribution in [0.2, 0.25) is 0 Å². The first kappa shape index (κ1) is 21.6. The highest BCUT2D eigenvalue weighted by Gasteiger charge is 2.17. The molecule has 9 rings (SSSR count). The Bertz CT molecular complexity index is 2390. The maximum absolute atomic E-state index is 6.37. The van der Waals surface area contributed by atoms with Crippen LogP contribution >= 0.6 is 0 Å². The van der Waals surface area contributed by atoms with Crippen molar-refractivity contribution >= 4 is 65.3 Å². The number of hydrogen-bond acceptors (Lipinski definition) is 1. The molecule has 0 aliphatic carbocycles. The van der Waals surface area contributed by atoms with Gasteiger partial charge < -0.3 is 9.40 Å². The third kappa shape index (κ3) is 2.99. The molecule has 0 radical (unpaired) electrons. The minimum atomic E-state index is 0.921. The van der Waals surface area contributed by atoms with E-state index in [0.29, 0.717) is 0 Å². The van der Waals surface area contributed by atoms with E-state index in [0.717, 1.165) is 44.1 Å². The van der Waals surface area contributed by atoms with Gasteiger partial charge in [-0.25, -0.2) is 0 Å². The molecule has 1 N–H and O–H groups in total. The second-order valence-electron chi connectivity index (χ2n) is 10.6. The first-order valence-corrected chi connectivity index (χ1v) is 13.7. The second kappa shape index (κ2) is 8.08. The molecule has 2 aromatic heterocycles. The lowest BCUT2D eigenvalue weighted by Crippen LogP contribution is -1.87. The summed E-state index contributed by atoms with van der Waals surface area (Å²) in [6.45, 7) is 0. The molecule has 0 fully saturated rings. The van der Waals surface area contributed by atoms with Crippen LogP contribution in [0.4, 0.5) is 0 Å². The highest BCUT2D eigenvalue weighted by molar-refractivity contribution is 6.20. The largest absolute Gasteiger partial charge is 0.455 e. The van der Waals surface area contributed by atoms with Crippen molar-refractivity contribution in [1.29, 1.82) is 0 Å². The van der Waals surface area contributed by atoms with Crippen molar-refractivity contribution in [2.75, 3.05) is 0 Å². The van der Waals surface area contributed by atoms with Gasteiger partial charge in [0.05, 0.1) is 5.52 Å². The van der Waals surface area contributed by atoms with Crippen LogP contribution in [0.25, 0.3) is 87.5 Å². The van der Waals surface area contributed by atoms with Crippen LogP contribution < -0.4 is 0 Å². The molecule has 40 heavy (non-hydrogen) atoms. The Balaban J connectivity index is 1.32. The highest BCUT2D eigenvalue weighted by atomic mass is 16.3. The zero-order chi connectivity index (χ0) is 26.2. The predicted octanol–water partition coefficient (Wildman–Crippen LogP) is 10.9. The number of aromatic amines is 1. The van der Waals surface area contributed by atoms with Crippen molar-refractivity contribution in [2.45, 2.75) is 0 Å². The fraction of sp³-hybridized carbons (Fsp3) is 0. The number of fused-ring (bicyclic) bond motifs is 8. The maximum Gasteiger partial charge on any atom is 0.143 e. The van der Waals surface area contributed by atoms with E-state index in [9.17, 15) is 0 Å². The zero-order valence-electron chi connectivity index (χ0n) is 21.6. The summed E-state index contributed by atoms with van der Waals surface area (Å²) in [6.07, 6.45) is 0. The molecule has 9 aromatic rings. The summed E-state index contributed by atoms with van der Waals surface area (Å²) in [7, 11) is 0. The molecule has 0 bridgehead atoms. The summed E-state index contributed by atoms with van der Waals surface area (Å²) in [5.41, 5.74) is 8.92. The van der Waals surface area contributed by atoms with Gasteiger partial charge in [-0.3, -0.25) is 0 Å². The van der Waals surface area contributed by atoms with Gasteiger partial charge in [-0.15, -0.1) is 0 Å². The summed E-state index contributed by atoms with van der Waals surface area (Å²) in [5.74, 6) is 0. The first-order valence-electron chi connectivity index (χ1n) is 13.7. The normalized spacial score (nSPS) is 12.0. The lowest BCUT2D eigenvalue weighted by Gasteiger charge is -2.13. The molecule has 0 atom stereocenters. The molecular formula is C38H23NO. The van der Waals surface area contributed by atoms with Gasteiger partial charge in [0.15, 0.2) is 0 Å². The third-order valence-electron chi connectivity index (χ3n) is 8.39. The van der Waals surface area contributed by atoms with Crippen LogP contribution in [0, 0.1) is 0 Å². The smallest absolute Gasteiger partial charge is 0.143 e. The fourth-order valence-electron chi connectivity index (χ4n) is 6.58. The predicted molar refractivity (Wildman–Crippen MR) is 169 cm³/mol. The third-order valence-corrected chi connectivity index (χ3v) is 8.39. The van der Waals surface area contributed by atoms with Gasteiger partial charge >= 0.3 is 0 Å². The minimum Gasteiger partial charge on any atom is -0.455 e. The molecule has 0 aliphatic heterocycles. The van der Waals surface area contributed by atoms with Gasteiger partial charge in [0.25, 0.3) is 0 Å². The van der Waals surface area contributed by atoms with E-state index < -0.39 is 0 Å². The quantitative estimate of drug-likeness (QED) is 0.231. The van der Waals surface area contributed by atoms with Crippen molar-refractivity contribution in [2.24, 2.45) is 0 Å². The Labute approximate surface area is 230 Å². The summed E-state index contributed by atoms with van der Waals surface area (Å²) < 4.78 is 6.37. The maximum atomic E-state index is 6.37. The summed E-state index contributed by atoms with van der Waals surface area (Å²) in [6, 6.07) is 47.8. The van der Waals surface area contributed by atoms with Crippen molar-refractivity contribution in [3.05, 3.63) is 133 Å². The van der Waals surface area contributed by atoms with Gasteiger partial charge in [0.1, 0.15) is 11.2 Å². The molecule has 0 saturated carbocycles. The number of furan rings is 1. The molecule has 186 valence electrons. The Morgan fingerprint density at radius 2 is 1.10 bits per heavy atom. The number of rotatable bonds is 2. The van der Waals surface area contributed by atoms with Crippen LogP contribution in [0.5, 0.6) is 0 Å². The van der Waals surface area contributed by atoms with Gasteiger partial charge in [-0.2, -0.15) is 0 Å². The van der Waals surface area contributed by atoms with Crippen molar-refractivity contribution in [3.8, 4) is 22.3 Å². The van der Waals surface area contributed by atoms with Crippen LogP contribution in [0.3, 0.4) is 0 Å². The van der Waals surface area contributed by atoms with Gasteiger partial charge in [-0.05, 0) is 56.9 Å². The van der Waals surface area contributed by atoms with Crippen LogP contribution in [0.1, 0.15) is 0 Å². The number of para-hydroxylation sites is 3. The van der Waals surface area contributed by atoms with E-state index >= 15 is 0 Å². The Morgan fingerprint density at radius 1 is 0.450 bits per heavy atom. The average molecular weight is 510 g/mol. The van der Waals surface area contributed by atoms with E-state index in [4.69, 9.17) is 4.42 Å². The van der Waals surface area contributed by atoms with Gasteiger partial charge in [-0.1, -0.05) is 109 Å². The monoisotopic (exact) mass is 509 g/mol. The van der Waals surface area contributed by atoms with E-state index in [1.807, 2.05) is 12.1 Å². The van der Waals surface area contributed by atoms with Gasteiger partial charge in [0, 0.05) is 38.2 Å². The zero-order valence-corrected chi connectivity index (χ0v) is 21.6. The summed E-state index contributed by atoms with van der Waals surface area (Å²) >= 11 is 0. The first-order chi connectivity index (χ1) is 19.8. The van der Waals surface area contributed by atoms with Crippen molar-refractivity contribution < 1.29 is 4.42 Å². The van der Waals surface area contributed by atoms with E-state index in [-0.39, 0.29) is 0 Å². The van der Waals surface area contributed by atoms with Crippen LogP contribution in [-0.4, -0.2) is 4.98 Å². The molecule has 2 heteroatoms. The molecule has 0 unspecified atom stereocenters. The molecule has 0 aliphatic rings. The van der Waals surface area contributed by atoms with E-state index in [1.165, 1.54) is 43.4 Å². The van der Waals surface area contributed by atoms with Crippen LogP contribution in [-0.2, 0) is 0 Å². The van der Waals surface area contributed by atoms with Crippen molar-refractivity contribution in [3.63, 3.8) is 0 Å². The number of aromatic nitrogens is 1. The van der Waals surface area contributed by atoms with Crippen molar-refractivity contribution in [1.82, 2.24) is 4.98 Å². The minimum absolute atomic E-state index is 0.921. The summed E-state index contributed by atoms with van der Waals surface area (Å²) in [4.78, 5) is 3.79. The number of H-pyrrole nitrogens is 1. The lowest BCUT2D eigenvalue weighted by atomic mass is 9.91. The molecule has 0 amide bonds. The molecule has 2 nitrogen and oxygen atoms in total. The number of nitrogens with one attached hydrogen (secondary N) is 1. The highest BCUT2D eigenvalue weighted by Crippen LogP contribution is 2.42. The Hall–Kier alpha value is -5.34. The lowest BCUT2D eigenvalue weighted by molar-refractivity contribution is 0.670. The molecule has 0 spiro atoms. The molecule has 0 saturated heterocycles. The molecule has 7 aromatic carbocycles. The van der Waals surface area contributed by atoms with E-state index in [1.54, 1.807) is 0 Å². The molecular weight excluding hydrogens is 486 g/mol. The second-order valence-corrected chi connectivity index (χ2v) is 10.6. The number of hydrogen-bond donors (Lipinski definition) is 1. The standard InChI is InChI=1S/C38H23NO/c1-3-11-26-23(9-1)21-24-10-2-4-12-27(24)36(26)32-17-8-15-30-33-22-25(19-20-34(33)39-37(30)32)28-14-7-16-31-29-13-5-6-18-35(29)40-38(28)31/h1-22,39H. The molecule has 2 heterocycles. The summed E-state index contributed by atoms with van der Waals surface area (Å²) in [5, 5.41) is 9.79. The number of benzene rings is 7. The Morgan fingerprint density at radius 3 is 1.90 bits per heavy atom. The Kier molecular flexibility index (Phi) is 4.36. The average Bonchev–Trinajstić information content (AvgIpc) is 3.58. The fourth-order valence-corrected chi connectivity index (χ4v) is 6.58. The van der Waals surface area contributed by atoms with Gasteiger partial charge in [0.2, 0.25) is 0 Å². The van der Waals surface area contributed by atoms with Crippen LogP contribution in [0.15, 0.2) is 138 Å². The topological polar surface area (TPSA) is 28.9 Å². The SMILES string of the molecule is c1ccc2c(-c3cccc4c3[nH]c3ccc(-c5cccc6c5oc5ccccc56)cc34)c3ccccc3cc2c1.